The molecule has 38 heavy (non-hydrogen) atoms. The zero-order valence-corrected chi connectivity index (χ0v) is 21.1. The van der Waals surface area contributed by atoms with Crippen LogP contribution in [0, 0.1) is 11.3 Å². The van der Waals surface area contributed by atoms with Crippen LogP contribution in [0.2, 0.25) is 0 Å². The van der Waals surface area contributed by atoms with Gasteiger partial charge in [-0.1, -0.05) is 49.2 Å². The second-order valence-corrected chi connectivity index (χ2v) is 10.7. The molecule has 2 aliphatic rings. The van der Waals surface area contributed by atoms with E-state index in [1.54, 1.807) is 4.90 Å². The smallest absolute Gasteiger partial charge is 0.311 e. The van der Waals surface area contributed by atoms with Gasteiger partial charge < -0.3 is 10.0 Å². The molecule has 2 aromatic carbocycles. The maximum absolute atomic E-state index is 13.2. The number of hydrogen-bond donors (Lipinski definition) is 2. The Labute approximate surface area is 220 Å². The van der Waals surface area contributed by atoms with Gasteiger partial charge >= 0.3 is 5.97 Å². The fourth-order valence-corrected chi connectivity index (χ4v) is 5.61. The number of benzene rings is 2. The molecule has 0 unspecified atom stereocenters. The van der Waals surface area contributed by atoms with E-state index in [1.165, 1.54) is 0 Å². The molecule has 2 fully saturated rings. The topological polar surface area (TPSA) is 125 Å². The Kier molecular flexibility index (Phi) is 6.35. The zero-order chi connectivity index (χ0) is 26.1. The van der Waals surface area contributed by atoms with Crippen LogP contribution in [0.3, 0.4) is 0 Å². The molecule has 1 amide bonds. The predicted octanol–water partition coefficient (Wildman–Crippen LogP) is 4.86. The number of hydrogen-bond acceptors (Lipinski definition) is 6. The summed E-state index contributed by atoms with van der Waals surface area (Å²) in [5.74, 6) is 0.237. The first kappa shape index (κ1) is 24.2. The third-order valence-corrected chi connectivity index (χ3v) is 7.94. The van der Waals surface area contributed by atoms with Crippen molar-refractivity contribution in [3.8, 4) is 22.6 Å². The number of fused-ring (bicyclic) bond motifs is 1. The van der Waals surface area contributed by atoms with Crippen molar-refractivity contribution in [3.05, 3.63) is 60.2 Å². The molecule has 6 rings (SSSR count). The Morgan fingerprint density at radius 3 is 2.53 bits per heavy atom. The van der Waals surface area contributed by atoms with Crippen molar-refractivity contribution in [2.24, 2.45) is 11.3 Å². The number of H-pyrrole nitrogens is 1. The van der Waals surface area contributed by atoms with Gasteiger partial charge in [-0.25, -0.2) is 4.98 Å². The Morgan fingerprint density at radius 2 is 1.82 bits per heavy atom. The van der Waals surface area contributed by atoms with Crippen LogP contribution in [-0.4, -0.2) is 54.0 Å². The van der Waals surface area contributed by atoms with E-state index in [0.29, 0.717) is 37.5 Å². The summed E-state index contributed by atoms with van der Waals surface area (Å²) < 4.78 is 0. The summed E-state index contributed by atoms with van der Waals surface area (Å²) in [5.41, 5.74) is 3.53. The zero-order valence-electron chi connectivity index (χ0n) is 21.1. The molecule has 2 aromatic heterocycles. The van der Waals surface area contributed by atoms with Crippen LogP contribution in [0.25, 0.3) is 33.5 Å². The van der Waals surface area contributed by atoms with E-state index in [-0.39, 0.29) is 12.5 Å². The molecule has 4 aromatic rings. The van der Waals surface area contributed by atoms with Gasteiger partial charge in [-0.2, -0.15) is 5.21 Å². The minimum atomic E-state index is -0.835. The number of carboxylic acid groups (broad SMARTS) is 1. The highest BCUT2D eigenvalue weighted by molar-refractivity contribution is 5.86. The molecule has 2 aliphatic carbocycles. The van der Waals surface area contributed by atoms with Gasteiger partial charge in [0.2, 0.25) is 11.7 Å². The van der Waals surface area contributed by atoms with E-state index in [9.17, 15) is 14.7 Å². The summed E-state index contributed by atoms with van der Waals surface area (Å²) in [6, 6.07) is 17.8. The third kappa shape index (κ3) is 4.88. The summed E-state index contributed by atoms with van der Waals surface area (Å²) >= 11 is 0. The lowest BCUT2D eigenvalue weighted by molar-refractivity contribution is -0.151. The Bertz CT molecular complexity index is 1470. The van der Waals surface area contributed by atoms with E-state index < -0.39 is 11.4 Å². The molecule has 0 aliphatic heterocycles. The van der Waals surface area contributed by atoms with Gasteiger partial charge in [0.25, 0.3) is 0 Å². The van der Waals surface area contributed by atoms with E-state index in [4.69, 9.17) is 4.98 Å². The highest BCUT2D eigenvalue weighted by Crippen LogP contribution is 2.40. The molecule has 0 bridgehead atoms. The predicted molar refractivity (Wildman–Crippen MR) is 142 cm³/mol. The van der Waals surface area contributed by atoms with Crippen molar-refractivity contribution >= 4 is 22.8 Å². The van der Waals surface area contributed by atoms with Gasteiger partial charge in [-0.05, 0) is 60.6 Å². The molecule has 9 heteroatoms. The molecule has 2 saturated carbocycles. The first-order chi connectivity index (χ1) is 18.5. The van der Waals surface area contributed by atoms with Crippen molar-refractivity contribution in [1.82, 2.24) is 30.5 Å². The van der Waals surface area contributed by atoms with Gasteiger partial charge in [-0.15, -0.1) is 10.2 Å². The second-order valence-electron chi connectivity index (χ2n) is 10.7. The van der Waals surface area contributed by atoms with Gasteiger partial charge in [0.15, 0.2) is 0 Å². The number of amides is 1. The standard InChI is InChI=1S/C29H30N6O3/c36-26(16-19-7-8-19)35(18-29(28(37)38)13-3-4-14-29)17-20-9-11-24-21(15-20)10-12-25(30-24)22-5-1-2-6-23(22)27-31-33-34-32-27/h1-2,5-6,9-12,15,19H,3-4,7-8,13-14,16-18H2,(H,37,38)(H,31,32,33,34). The average molecular weight is 511 g/mol. The first-order valence-corrected chi connectivity index (χ1v) is 13.2. The van der Waals surface area contributed by atoms with Crippen molar-refractivity contribution < 1.29 is 14.7 Å². The van der Waals surface area contributed by atoms with Crippen LogP contribution >= 0.6 is 0 Å². The number of rotatable bonds is 9. The van der Waals surface area contributed by atoms with Crippen LogP contribution < -0.4 is 0 Å². The summed E-state index contributed by atoms with van der Waals surface area (Å²) in [7, 11) is 0. The minimum Gasteiger partial charge on any atom is -0.481 e. The number of carbonyl (C=O) groups is 2. The largest absolute Gasteiger partial charge is 0.481 e. The SMILES string of the molecule is O=C(CC1CC1)N(Cc1ccc2nc(-c3ccccc3-c3nn[nH]n3)ccc2c1)CC1(C(=O)O)CCCC1. The number of nitrogens with one attached hydrogen (secondary N) is 1. The second kappa shape index (κ2) is 9.96. The quantitative estimate of drug-likeness (QED) is 0.329. The molecule has 2 N–H and O–H groups in total. The molecule has 2 heterocycles. The molecular weight excluding hydrogens is 480 g/mol. The fourth-order valence-electron chi connectivity index (χ4n) is 5.61. The first-order valence-electron chi connectivity index (χ1n) is 13.2. The van der Waals surface area contributed by atoms with Gasteiger partial charge in [0.05, 0.1) is 16.6 Å². The van der Waals surface area contributed by atoms with Crippen molar-refractivity contribution in [1.29, 1.82) is 0 Å². The fraction of sp³-hybridized carbons (Fsp3) is 0.379. The van der Waals surface area contributed by atoms with Crippen LogP contribution in [0.15, 0.2) is 54.6 Å². The Hall–Kier alpha value is -4.14. The number of pyridine rings is 1. The summed E-state index contributed by atoms with van der Waals surface area (Å²) in [6.45, 7) is 0.676. The van der Waals surface area contributed by atoms with E-state index in [1.807, 2.05) is 48.5 Å². The number of aromatic nitrogens is 5. The molecule has 0 spiro atoms. The van der Waals surface area contributed by atoms with Crippen molar-refractivity contribution in [2.75, 3.05) is 6.54 Å². The average Bonchev–Trinajstić information content (AvgIpc) is 3.37. The molecule has 9 nitrogen and oxygen atoms in total. The number of tetrazole rings is 1. The maximum Gasteiger partial charge on any atom is 0.311 e. The molecule has 0 saturated heterocycles. The Morgan fingerprint density at radius 1 is 1.03 bits per heavy atom. The molecule has 0 atom stereocenters. The molecule has 194 valence electrons. The summed E-state index contributed by atoms with van der Waals surface area (Å²) in [5, 5.41) is 25.4. The van der Waals surface area contributed by atoms with Crippen LogP contribution in [0.1, 0.15) is 50.5 Å². The number of carboxylic acids is 1. The van der Waals surface area contributed by atoms with Crippen LogP contribution in [-0.2, 0) is 16.1 Å². The third-order valence-electron chi connectivity index (χ3n) is 7.94. The normalized spacial score (nSPS) is 16.5. The number of nitrogens with zero attached hydrogens (tertiary/aromatic N) is 5. The Balaban J connectivity index is 1.27. The van der Waals surface area contributed by atoms with Crippen LogP contribution in [0.5, 0.6) is 0 Å². The van der Waals surface area contributed by atoms with Crippen LogP contribution in [0.4, 0.5) is 0 Å². The number of carbonyl (C=O) groups excluding carboxylic acids is 1. The molecule has 0 radical (unpaired) electrons. The maximum atomic E-state index is 13.2. The highest BCUT2D eigenvalue weighted by atomic mass is 16.4. The van der Waals surface area contributed by atoms with Crippen molar-refractivity contribution in [2.45, 2.75) is 51.5 Å². The lowest BCUT2D eigenvalue weighted by Crippen LogP contribution is -2.44. The minimum absolute atomic E-state index is 0.0617. The lowest BCUT2D eigenvalue weighted by atomic mass is 9.85. The van der Waals surface area contributed by atoms with Gasteiger partial charge in [-0.3, -0.25) is 9.59 Å². The van der Waals surface area contributed by atoms with Gasteiger partial charge in [0.1, 0.15) is 0 Å². The van der Waals surface area contributed by atoms with Crippen molar-refractivity contribution in [3.63, 3.8) is 0 Å². The highest BCUT2D eigenvalue weighted by Gasteiger charge is 2.44. The lowest BCUT2D eigenvalue weighted by Gasteiger charge is -2.32. The summed E-state index contributed by atoms with van der Waals surface area (Å²) in [6.07, 6.45) is 5.74. The van der Waals surface area contributed by atoms with E-state index in [2.05, 4.69) is 26.7 Å². The monoisotopic (exact) mass is 510 g/mol. The summed E-state index contributed by atoms with van der Waals surface area (Å²) in [4.78, 5) is 32.2. The van der Waals surface area contributed by atoms with E-state index in [0.717, 1.165) is 59.0 Å². The van der Waals surface area contributed by atoms with E-state index >= 15 is 0 Å². The van der Waals surface area contributed by atoms with Gasteiger partial charge in [0, 0.05) is 36.0 Å². The number of aromatic amines is 1. The molecular formula is C29H30N6O3. The number of aliphatic carboxylic acids is 1.